The Morgan fingerprint density at radius 3 is 2.95 bits per heavy atom. The fourth-order valence-corrected chi connectivity index (χ4v) is 2.63. The summed E-state index contributed by atoms with van der Waals surface area (Å²) in [5, 5.41) is 0. The third-order valence-electron chi connectivity index (χ3n) is 3.33. The van der Waals surface area contributed by atoms with E-state index in [1.165, 1.54) is 0 Å². The van der Waals surface area contributed by atoms with E-state index in [-0.39, 0.29) is 5.76 Å². The molecule has 2 heterocycles. The van der Waals surface area contributed by atoms with Gasteiger partial charge in [-0.15, -0.1) is 0 Å². The Labute approximate surface area is 124 Å². The lowest BCUT2D eigenvalue weighted by atomic mass is 10.3. The van der Waals surface area contributed by atoms with Gasteiger partial charge >= 0.3 is 5.76 Å². The Balaban J connectivity index is 1.79. The van der Waals surface area contributed by atoms with Crippen LogP contribution >= 0.6 is 15.9 Å². The monoisotopic (exact) mass is 335 g/mol. The number of imidazole rings is 1. The smallest absolute Gasteiger partial charge is 0.408 e. The van der Waals surface area contributed by atoms with Gasteiger partial charge in [-0.25, -0.2) is 9.78 Å². The molecule has 6 heteroatoms. The Kier molecular flexibility index (Phi) is 3.48. The first kappa shape index (κ1) is 13.2. The highest BCUT2D eigenvalue weighted by atomic mass is 79.9. The molecule has 0 bridgehead atoms. The van der Waals surface area contributed by atoms with Crippen LogP contribution in [0.5, 0.6) is 0 Å². The van der Waals surface area contributed by atoms with Gasteiger partial charge in [-0.05, 0) is 31.5 Å². The van der Waals surface area contributed by atoms with Gasteiger partial charge < -0.3 is 8.98 Å². The first-order valence-corrected chi connectivity index (χ1v) is 7.21. The van der Waals surface area contributed by atoms with Crippen LogP contribution in [-0.4, -0.2) is 14.1 Å². The molecule has 0 unspecified atom stereocenters. The van der Waals surface area contributed by atoms with Crippen LogP contribution in [0.25, 0.3) is 11.1 Å². The van der Waals surface area contributed by atoms with Crippen LogP contribution in [0.2, 0.25) is 0 Å². The number of halogens is 1. The summed E-state index contributed by atoms with van der Waals surface area (Å²) in [6, 6.07) is 5.62. The molecule has 0 fully saturated rings. The van der Waals surface area contributed by atoms with Crippen LogP contribution < -0.4 is 5.76 Å². The van der Waals surface area contributed by atoms with Gasteiger partial charge in [0.1, 0.15) is 5.82 Å². The minimum atomic E-state index is -0.305. The molecule has 0 atom stereocenters. The van der Waals surface area contributed by atoms with Crippen molar-refractivity contribution in [2.45, 2.75) is 26.4 Å². The van der Waals surface area contributed by atoms with Crippen LogP contribution in [-0.2, 0) is 13.1 Å². The number of oxazole rings is 1. The summed E-state index contributed by atoms with van der Waals surface area (Å²) in [4.78, 5) is 16.1. The Morgan fingerprint density at radius 1 is 1.35 bits per heavy atom. The maximum atomic E-state index is 11.9. The molecule has 0 saturated carbocycles. The maximum absolute atomic E-state index is 11.9. The zero-order valence-electron chi connectivity index (χ0n) is 11.0. The minimum Gasteiger partial charge on any atom is -0.408 e. The minimum absolute atomic E-state index is 0.305. The molecule has 20 heavy (non-hydrogen) atoms. The van der Waals surface area contributed by atoms with Crippen LogP contribution in [0.1, 0.15) is 12.2 Å². The SMILES string of the molecule is Cc1nccn1CCCn1c(=O)oc2cc(Br)ccc21. The Bertz CT molecular complexity index is 800. The van der Waals surface area contributed by atoms with Gasteiger partial charge in [0.15, 0.2) is 5.58 Å². The lowest BCUT2D eigenvalue weighted by molar-refractivity contribution is 0.482. The van der Waals surface area contributed by atoms with E-state index in [0.717, 1.165) is 28.8 Å². The Hall–Kier alpha value is -1.82. The maximum Gasteiger partial charge on any atom is 0.419 e. The predicted octanol–water partition coefficient (Wildman–Crippen LogP) is 2.95. The van der Waals surface area contributed by atoms with E-state index in [4.69, 9.17) is 4.42 Å². The largest absolute Gasteiger partial charge is 0.419 e. The zero-order valence-corrected chi connectivity index (χ0v) is 12.6. The Morgan fingerprint density at radius 2 is 2.20 bits per heavy atom. The molecule has 104 valence electrons. The summed E-state index contributed by atoms with van der Waals surface area (Å²) < 4.78 is 9.90. The molecule has 2 aromatic heterocycles. The quantitative estimate of drug-likeness (QED) is 0.736. The number of nitrogens with zero attached hydrogens (tertiary/aromatic N) is 3. The number of rotatable bonds is 4. The topological polar surface area (TPSA) is 53.0 Å². The van der Waals surface area contributed by atoms with E-state index in [9.17, 15) is 4.79 Å². The van der Waals surface area contributed by atoms with Crippen LogP contribution in [0.3, 0.4) is 0 Å². The van der Waals surface area contributed by atoms with Gasteiger partial charge in [-0.1, -0.05) is 15.9 Å². The second kappa shape index (κ2) is 5.28. The predicted molar refractivity (Wildman–Crippen MR) is 79.8 cm³/mol. The average Bonchev–Trinajstić information content (AvgIpc) is 2.94. The molecule has 0 amide bonds. The van der Waals surface area contributed by atoms with Crippen molar-refractivity contribution >= 4 is 27.0 Å². The molecule has 0 saturated heterocycles. The van der Waals surface area contributed by atoms with Crippen molar-refractivity contribution in [3.8, 4) is 0 Å². The average molecular weight is 336 g/mol. The van der Waals surface area contributed by atoms with Gasteiger partial charge in [0.25, 0.3) is 0 Å². The van der Waals surface area contributed by atoms with E-state index in [1.54, 1.807) is 10.8 Å². The number of hydrogen-bond donors (Lipinski definition) is 0. The second-order valence-corrected chi connectivity index (χ2v) is 5.57. The normalized spacial score (nSPS) is 11.3. The second-order valence-electron chi connectivity index (χ2n) is 4.65. The van der Waals surface area contributed by atoms with E-state index in [2.05, 4.69) is 25.5 Å². The van der Waals surface area contributed by atoms with Gasteiger partial charge in [0, 0.05) is 30.0 Å². The van der Waals surface area contributed by atoms with E-state index < -0.39 is 0 Å². The van der Waals surface area contributed by atoms with Gasteiger partial charge in [-0.3, -0.25) is 4.57 Å². The van der Waals surface area contributed by atoms with Gasteiger partial charge in [0.2, 0.25) is 0 Å². The van der Waals surface area contributed by atoms with E-state index in [0.29, 0.717) is 12.1 Å². The summed E-state index contributed by atoms with van der Waals surface area (Å²) in [6.07, 6.45) is 4.58. The van der Waals surface area contributed by atoms with Crippen LogP contribution in [0, 0.1) is 6.92 Å². The first-order chi connectivity index (χ1) is 9.65. The number of hydrogen-bond acceptors (Lipinski definition) is 3. The summed E-state index contributed by atoms with van der Waals surface area (Å²) in [5.41, 5.74) is 1.45. The molecule has 3 rings (SSSR count). The van der Waals surface area contributed by atoms with E-state index >= 15 is 0 Å². The first-order valence-electron chi connectivity index (χ1n) is 6.42. The standard InChI is InChI=1S/C14H14BrN3O2/c1-10-16-5-8-17(10)6-2-7-18-12-4-3-11(15)9-13(12)20-14(18)19/h3-5,8-9H,2,6-7H2,1H3. The fourth-order valence-electron chi connectivity index (χ4n) is 2.29. The number of aryl methyl sites for hydroxylation is 3. The van der Waals surface area contributed by atoms with Gasteiger partial charge in [0.05, 0.1) is 5.52 Å². The molecular formula is C14H14BrN3O2. The molecule has 0 radical (unpaired) electrons. The molecule has 5 nitrogen and oxygen atoms in total. The zero-order chi connectivity index (χ0) is 14.1. The molecule has 0 aliphatic carbocycles. The fraction of sp³-hybridized carbons (Fsp3) is 0.286. The van der Waals surface area contributed by atoms with E-state index in [1.807, 2.05) is 31.3 Å². The number of benzene rings is 1. The van der Waals surface area contributed by atoms with Gasteiger partial charge in [-0.2, -0.15) is 0 Å². The van der Waals surface area contributed by atoms with Crippen molar-refractivity contribution in [3.05, 3.63) is 51.4 Å². The van der Waals surface area contributed by atoms with Crippen molar-refractivity contribution in [1.29, 1.82) is 0 Å². The molecular weight excluding hydrogens is 322 g/mol. The van der Waals surface area contributed by atoms with Crippen molar-refractivity contribution in [2.24, 2.45) is 0 Å². The van der Waals surface area contributed by atoms with Crippen molar-refractivity contribution in [1.82, 2.24) is 14.1 Å². The summed E-state index contributed by atoms with van der Waals surface area (Å²) in [6.45, 7) is 3.43. The molecule has 0 spiro atoms. The molecule has 0 aliphatic rings. The highest BCUT2D eigenvalue weighted by molar-refractivity contribution is 9.10. The lowest BCUT2D eigenvalue weighted by Gasteiger charge is -2.05. The molecule has 0 aliphatic heterocycles. The third kappa shape index (κ3) is 2.43. The summed E-state index contributed by atoms with van der Waals surface area (Å²) in [7, 11) is 0. The third-order valence-corrected chi connectivity index (χ3v) is 3.83. The highest BCUT2D eigenvalue weighted by Gasteiger charge is 2.09. The number of aromatic nitrogens is 3. The molecule has 0 N–H and O–H groups in total. The molecule has 3 aromatic rings. The highest BCUT2D eigenvalue weighted by Crippen LogP contribution is 2.19. The van der Waals surface area contributed by atoms with Crippen molar-refractivity contribution in [2.75, 3.05) is 0 Å². The van der Waals surface area contributed by atoms with Crippen LogP contribution in [0.15, 0.2) is 44.3 Å². The van der Waals surface area contributed by atoms with Crippen LogP contribution in [0.4, 0.5) is 0 Å². The van der Waals surface area contributed by atoms with Crippen molar-refractivity contribution < 1.29 is 4.42 Å². The lowest BCUT2D eigenvalue weighted by Crippen LogP contribution is -2.15. The number of fused-ring (bicyclic) bond motifs is 1. The van der Waals surface area contributed by atoms with Crippen molar-refractivity contribution in [3.63, 3.8) is 0 Å². The summed E-state index contributed by atoms with van der Waals surface area (Å²) >= 11 is 3.37. The summed E-state index contributed by atoms with van der Waals surface area (Å²) in [5.74, 6) is 0.679. The molecule has 1 aromatic carbocycles.